The lowest BCUT2D eigenvalue weighted by Crippen LogP contribution is -2.13. The fourth-order valence-electron chi connectivity index (χ4n) is 6.26. The lowest BCUT2D eigenvalue weighted by molar-refractivity contribution is 1.16. The molecule has 2 nitrogen and oxygen atoms in total. The predicted molar refractivity (Wildman–Crippen MR) is 178 cm³/mol. The number of nitrogens with zero attached hydrogens (tertiary/aromatic N) is 2. The van der Waals surface area contributed by atoms with Gasteiger partial charge in [-0.2, -0.15) is 0 Å². The van der Waals surface area contributed by atoms with Gasteiger partial charge in [0.2, 0.25) is 0 Å². The number of rotatable bonds is 5. The summed E-state index contributed by atoms with van der Waals surface area (Å²) in [5.74, 6) is 0. The average molecular weight is 537 g/mol. The van der Waals surface area contributed by atoms with E-state index in [-0.39, 0.29) is 0 Å². The smallest absolute Gasteiger partial charge is 0.0781 e. The van der Waals surface area contributed by atoms with Crippen LogP contribution in [0.1, 0.15) is 0 Å². The number of benzene rings is 7. The summed E-state index contributed by atoms with van der Waals surface area (Å²) in [7, 11) is 0. The van der Waals surface area contributed by atoms with Crippen LogP contribution in [0.2, 0.25) is 0 Å². The molecule has 0 saturated carbocycles. The number of hydrogen-bond acceptors (Lipinski definition) is 1. The first kappa shape index (κ1) is 24.2. The summed E-state index contributed by atoms with van der Waals surface area (Å²) in [6.07, 6.45) is 0. The third kappa shape index (κ3) is 3.96. The third-order valence-electron chi connectivity index (χ3n) is 8.17. The highest BCUT2D eigenvalue weighted by Crippen LogP contribution is 2.45. The number of hydrogen-bond donors (Lipinski definition) is 0. The molecule has 0 fully saturated rings. The minimum absolute atomic E-state index is 1.11. The van der Waals surface area contributed by atoms with Crippen LogP contribution >= 0.6 is 0 Å². The van der Waals surface area contributed by atoms with E-state index in [1.807, 2.05) is 0 Å². The highest BCUT2D eigenvalue weighted by Gasteiger charge is 2.22. The minimum atomic E-state index is 1.11. The Morgan fingerprint density at radius 1 is 0.357 bits per heavy atom. The van der Waals surface area contributed by atoms with E-state index in [2.05, 4.69) is 179 Å². The van der Waals surface area contributed by atoms with E-state index in [0.29, 0.717) is 0 Å². The Morgan fingerprint density at radius 3 is 1.52 bits per heavy atom. The summed E-state index contributed by atoms with van der Waals surface area (Å²) in [4.78, 5) is 2.41. The molecule has 0 aliphatic carbocycles. The maximum atomic E-state index is 2.43. The van der Waals surface area contributed by atoms with Crippen LogP contribution in [0.4, 0.5) is 17.1 Å². The molecule has 0 spiro atoms. The van der Waals surface area contributed by atoms with Gasteiger partial charge in [0.25, 0.3) is 0 Å². The van der Waals surface area contributed by atoms with Gasteiger partial charge in [-0.25, -0.2) is 0 Å². The first-order chi connectivity index (χ1) is 20.9. The van der Waals surface area contributed by atoms with Crippen molar-refractivity contribution in [1.82, 2.24) is 4.57 Å². The van der Waals surface area contributed by atoms with Crippen molar-refractivity contribution in [1.29, 1.82) is 0 Å². The van der Waals surface area contributed by atoms with Crippen LogP contribution in [-0.4, -0.2) is 4.57 Å². The van der Waals surface area contributed by atoms with Gasteiger partial charge in [-0.05, 0) is 59.0 Å². The van der Waals surface area contributed by atoms with Gasteiger partial charge in [0.1, 0.15) is 0 Å². The molecule has 0 saturated heterocycles. The highest BCUT2D eigenvalue weighted by atomic mass is 15.2. The Bertz CT molecular complexity index is 2120. The van der Waals surface area contributed by atoms with E-state index in [1.54, 1.807) is 0 Å². The SMILES string of the molecule is c1ccc(-c2ccc(N(c3ccccc3)c3c(-n4c5ccccc5c5ccccc54)ccc4ccccc34)cc2)cc1. The quantitative estimate of drug-likeness (QED) is 0.212. The molecule has 0 atom stereocenters. The summed E-state index contributed by atoms with van der Waals surface area (Å²) < 4.78 is 2.43. The van der Waals surface area contributed by atoms with E-state index in [4.69, 9.17) is 0 Å². The Labute approximate surface area is 245 Å². The fraction of sp³-hybridized carbons (Fsp3) is 0. The molecule has 0 aliphatic rings. The van der Waals surface area contributed by atoms with Gasteiger partial charge in [0, 0.05) is 27.5 Å². The second-order valence-corrected chi connectivity index (χ2v) is 10.6. The van der Waals surface area contributed by atoms with E-state index in [0.717, 1.165) is 22.7 Å². The van der Waals surface area contributed by atoms with E-state index in [1.165, 1.54) is 43.7 Å². The fourth-order valence-corrected chi connectivity index (χ4v) is 6.26. The predicted octanol–water partition coefficient (Wildman–Crippen LogP) is 11.1. The molecule has 0 aliphatic heterocycles. The van der Waals surface area contributed by atoms with Gasteiger partial charge in [0.05, 0.1) is 22.4 Å². The Morgan fingerprint density at radius 2 is 0.857 bits per heavy atom. The number of anilines is 3. The third-order valence-corrected chi connectivity index (χ3v) is 8.17. The Hall–Kier alpha value is -5.60. The van der Waals surface area contributed by atoms with Crippen LogP contribution in [0.5, 0.6) is 0 Å². The average Bonchev–Trinajstić information content (AvgIpc) is 3.40. The van der Waals surface area contributed by atoms with Crippen molar-refractivity contribution in [2.75, 3.05) is 4.90 Å². The van der Waals surface area contributed by atoms with Crippen LogP contribution < -0.4 is 4.90 Å². The number of fused-ring (bicyclic) bond motifs is 4. The second-order valence-electron chi connectivity index (χ2n) is 10.6. The maximum absolute atomic E-state index is 2.43. The lowest BCUT2D eigenvalue weighted by atomic mass is 10.0. The molecular weight excluding hydrogens is 508 g/mol. The summed E-state index contributed by atoms with van der Waals surface area (Å²) >= 11 is 0. The van der Waals surface area contributed by atoms with Crippen molar-refractivity contribution < 1.29 is 0 Å². The molecule has 0 radical (unpaired) electrons. The summed E-state index contributed by atoms with van der Waals surface area (Å²) in [6.45, 7) is 0. The molecule has 1 heterocycles. The first-order valence-corrected chi connectivity index (χ1v) is 14.4. The van der Waals surface area contributed by atoms with Gasteiger partial charge < -0.3 is 9.47 Å². The molecule has 0 amide bonds. The molecule has 0 N–H and O–H groups in total. The van der Waals surface area contributed by atoms with Crippen LogP contribution in [-0.2, 0) is 0 Å². The highest BCUT2D eigenvalue weighted by molar-refractivity contribution is 6.11. The van der Waals surface area contributed by atoms with Crippen molar-refractivity contribution in [3.05, 3.63) is 170 Å². The summed E-state index contributed by atoms with van der Waals surface area (Å²) in [5.41, 5.74) is 9.33. The second kappa shape index (κ2) is 10.1. The van der Waals surface area contributed by atoms with Crippen LogP contribution in [0, 0.1) is 0 Å². The largest absolute Gasteiger partial charge is 0.308 e. The van der Waals surface area contributed by atoms with Crippen LogP contribution in [0.25, 0.3) is 49.4 Å². The molecule has 8 aromatic rings. The van der Waals surface area contributed by atoms with Crippen molar-refractivity contribution in [3.63, 3.8) is 0 Å². The van der Waals surface area contributed by atoms with Crippen LogP contribution in [0.3, 0.4) is 0 Å². The number of aromatic nitrogens is 1. The monoisotopic (exact) mass is 536 g/mol. The lowest BCUT2D eigenvalue weighted by Gasteiger charge is -2.30. The summed E-state index contributed by atoms with van der Waals surface area (Å²) in [6, 6.07) is 60.9. The molecule has 0 unspecified atom stereocenters. The van der Waals surface area contributed by atoms with Crippen LogP contribution in [0.15, 0.2) is 170 Å². The molecule has 198 valence electrons. The molecule has 2 heteroatoms. The molecule has 0 bridgehead atoms. The van der Waals surface area contributed by atoms with E-state index >= 15 is 0 Å². The van der Waals surface area contributed by atoms with Gasteiger partial charge >= 0.3 is 0 Å². The molecule has 8 rings (SSSR count). The van der Waals surface area contributed by atoms with Gasteiger partial charge in [-0.1, -0.05) is 127 Å². The van der Waals surface area contributed by atoms with Crippen molar-refractivity contribution >= 4 is 49.6 Å². The van der Waals surface area contributed by atoms with E-state index < -0.39 is 0 Å². The molecular formula is C40H28N2. The zero-order valence-corrected chi connectivity index (χ0v) is 23.1. The first-order valence-electron chi connectivity index (χ1n) is 14.4. The Kier molecular flexibility index (Phi) is 5.82. The standard InChI is InChI=1S/C40H28N2/c1-3-13-29(14-4-1)30-23-26-33(27-24-30)41(32-16-5-2-6-17-32)40-34-18-8-7-15-31(34)25-28-39(40)42-37-21-11-9-19-35(37)36-20-10-12-22-38(36)42/h1-28H. The van der Waals surface area contributed by atoms with Crippen molar-refractivity contribution in [2.45, 2.75) is 0 Å². The summed E-state index contributed by atoms with van der Waals surface area (Å²) in [5, 5.41) is 4.92. The zero-order chi connectivity index (χ0) is 27.9. The topological polar surface area (TPSA) is 8.17 Å². The molecule has 1 aromatic heterocycles. The van der Waals surface area contributed by atoms with Crippen molar-refractivity contribution in [3.8, 4) is 16.8 Å². The van der Waals surface area contributed by atoms with Gasteiger partial charge in [0.15, 0.2) is 0 Å². The Balaban J connectivity index is 1.45. The number of para-hydroxylation sites is 3. The van der Waals surface area contributed by atoms with Crippen molar-refractivity contribution in [2.24, 2.45) is 0 Å². The molecule has 7 aromatic carbocycles. The normalized spacial score (nSPS) is 11.3. The van der Waals surface area contributed by atoms with Gasteiger partial charge in [-0.3, -0.25) is 0 Å². The van der Waals surface area contributed by atoms with Gasteiger partial charge in [-0.15, -0.1) is 0 Å². The minimum Gasteiger partial charge on any atom is -0.308 e. The van der Waals surface area contributed by atoms with E-state index in [9.17, 15) is 0 Å². The maximum Gasteiger partial charge on any atom is 0.0781 e. The zero-order valence-electron chi connectivity index (χ0n) is 23.1. The molecule has 42 heavy (non-hydrogen) atoms.